The van der Waals surface area contributed by atoms with Crippen LogP contribution < -0.4 is 29.6 Å². The number of carboxylic acid groups (broad SMARTS) is 2. The van der Waals surface area contributed by atoms with Crippen LogP contribution in [0, 0.1) is 5.41 Å². The Bertz CT molecular complexity index is 330. The number of aliphatic carboxylic acids is 2. The van der Waals surface area contributed by atoms with Crippen LogP contribution >= 0.6 is 0 Å². The van der Waals surface area contributed by atoms with Crippen molar-refractivity contribution in [3.8, 4) is 0 Å². The van der Waals surface area contributed by atoms with Crippen molar-refractivity contribution >= 4 is 11.9 Å². The Hall–Kier alpha value is -0.0600. The molecule has 0 radical (unpaired) electrons. The molecule has 0 saturated carbocycles. The maximum Gasteiger partial charge on any atom is 1.00 e. The van der Waals surface area contributed by atoms with Crippen molar-refractivity contribution in [2.45, 2.75) is 117 Å². The summed E-state index contributed by atoms with van der Waals surface area (Å²) in [6.07, 6.45) is 15.6. The van der Waals surface area contributed by atoms with Crippen molar-refractivity contribution in [3.05, 3.63) is 0 Å². The third-order valence-corrected chi connectivity index (χ3v) is 5.23. The summed E-state index contributed by atoms with van der Waals surface area (Å²) in [7, 11) is 0. The van der Waals surface area contributed by atoms with Crippen molar-refractivity contribution < 1.29 is 50.8 Å². The molecule has 0 aliphatic rings. The van der Waals surface area contributed by atoms with Crippen LogP contribution in [0.25, 0.3) is 0 Å². The van der Waals surface area contributed by atoms with Gasteiger partial charge >= 0.3 is 41.5 Å². The van der Waals surface area contributed by atoms with E-state index in [2.05, 4.69) is 13.8 Å². The van der Waals surface area contributed by atoms with E-state index in [0.29, 0.717) is 12.8 Å². The number of unbranched alkanes of at least 4 members (excludes halogenated alkanes) is 12. The van der Waals surface area contributed by atoms with E-state index in [4.69, 9.17) is 0 Å². The topological polar surface area (TPSA) is 74.6 Å². The van der Waals surface area contributed by atoms with E-state index in [1.165, 1.54) is 51.4 Å². The predicted molar refractivity (Wildman–Crippen MR) is 104 cm³/mol. The van der Waals surface area contributed by atoms with Gasteiger partial charge in [-0.05, 0) is 12.8 Å². The normalized spacial score (nSPS) is 11.2. The molecule has 0 atom stereocenters. The van der Waals surface area contributed by atoms with Gasteiger partial charge in [0.15, 0.2) is 5.41 Å². The summed E-state index contributed by atoms with van der Waals surface area (Å²) in [6, 6.07) is 0. The minimum Gasteiger partial charge on any atom is -1.00 e. The molecular weight excluding hydrogens is 339 g/mol. The third kappa shape index (κ3) is 12.3. The van der Waals surface area contributed by atoms with E-state index in [0.717, 1.165) is 25.7 Å². The summed E-state index contributed by atoms with van der Waals surface area (Å²) in [6.45, 7) is 4.36. The van der Waals surface area contributed by atoms with Crippen LogP contribution in [-0.2, 0) is 9.59 Å². The smallest absolute Gasteiger partial charge is 1.00 e. The van der Waals surface area contributed by atoms with Gasteiger partial charge in [0.2, 0.25) is 0 Å². The van der Waals surface area contributed by atoms with Gasteiger partial charge < -0.3 is 11.6 Å². The van der Waals surface area contributed by atoms with Gasteiger partial charge in [0.25, 0.3) is 0 Å². The van der Waals surface area contributed by atoms with Crippen LogP contribution in [-0.4, -0.2) is 22.2 Å². The van der Waals surface area contributed by atoms with Gasteiger partial charge in [0.1, 0.15) is 0 Å². The minimum absolute atomic E-state index is 0. The molecular formula is C21H41NaO4. The van der Waals surface area contributed by atoms with Crippen molar-refractivity contribution in [2.24, 2.45) is 5.41 Å². The second-order valence-corrected chi connectivity index (χ2v) is 7.44. The van der Waals surface area contributed by atoms with Crippen LogP contribution in [0.15, 0.2) is 0 Å². The van der Waals surface area contributed by atoms with Gasteiger partial charge in [0.05, 0.1) is 0 Å². The van der Waals surface area contributed by atoms with Crippen molar-refractivity contribution in [3.63, 3.8) is 0 Å². The number of rotatable bonds is 18. The molecule has 0 aromatic rings. The molecule has 2 N–H and O–H groups in total. The Balaban J connectivity index is -0.00000288. The number of carboxylic acids is 2. The Kier molecular flexibility index (Phi) is 19.8. The summed E-state index contributed by atoms with van der Waals surface area (Å²) in [4.78, 5) is 23.4. The summed E-state index contributed by atoms with van der Waals surface area (Å²) in [5, 5.41) is 19.1. The van der Waals surface area contributed by atoms with Gasteiger partial charge in [-0.2, -0.15) is 0 Å². The average molecular weight is 381 g/mol. The van der Waals surface area contributed by atoms with E-state index >= 15 is 0 Å². The molecule has 0 heterocycles. The Morgan fingerprint density at radius 3 is 1.15 bits per heavy atom. The van der Waals surface area contributed by atoms with Crippen LogP contribution in [0.2, 0.25) is 0 Å². The molecule has 26 heavy (non-hydrogen) atoms. The fourth-order valence-corrected chi connectivity index (χ4v) is 3.41. The molecule has 0 aliphatic heterocycles. The predicted octanol–water partition coefficient (Wildman–Crippen LogP) is 3.54. The number of hydrogen-bond donors (Lipinski definition) is 2. The van der Waals surface area contributed by atoms with E-state index < -0.39 is 17.4 Å². The van der Waals surface area contributed by atoms with Crippen LogP contribution in [0.4, 0.5) is 0 Å². The zero-order valence-electron chi connectivity index (χ0n) is 18.5. The Morgan fingerprint density at radius 2 is 0.885 bits per heavy atom. The van der Waals surface area contributed by atoms with Crippen molar-refractivity contribution in [1.29, 1.82) is 0 Å². The molecule has 0 bridgehead atoms. The molecule has 0 aliphatic carbocycles. The summed E-state index contributed by atoms with van der Waals surface area (Å²) in [5.74, 6) is -2.31. The third-order valence-electron chi connectivity index (χ3n) is 5.23. The van der Waals surface area contributed by atoms with Crippen LogP contribution in [0.3, 0.4) is 0 Å². The van der Waals surface area contributed by atoms with Gasteiger partial charge in [-0.15, -0.1) is 0 Å². The quantitative estimate of drug-likeness (QED) is 0.217. The molecule has 5 heteroatoms. The molecule has 0 saturated heterocycles. The largest absolute Gasteiger partial charge is 1.00 e. The summed E-state index contributed by atoms with van der Waals surface area (Å²) in [5.41, 5.74) is -1.58. The second-order valence-electron chi connectivity index (χ2n) is 7.44. The molecule has 4 nitrogen and oxygen atoms in total. The molecule has 150 valence electrons. The standard InChI is InChI=1S/C21H40O4.Na.H/c1-3-5-7-9-11-13-15-17-21(19(22)23,20(24)25)18-16-14-12-10-8-6-4-2;;/h3-18H2,1-2H3,(H,22,23)(H,24,25);;/q;+1;-1. The van der Waals surface area contributed by atoms with Crippen molar-refractivity contribution in [2.75, 3.05) is 0 Å². The fourth-order valence-electron chi connectivity index (χ4n) is 3.41. The van der Waals surface area contributed by atoms with E-state index in [9.17, 15) is 19.8 Å². The van der Waals surface area contributed by atoms with E-state index in [1.807, 2.05) is 0 Å². The maximum absolute atomic E-state index is 11.7. The zero-order chi connectivity index (χ0) is 19.0. The first-order valence-corrected chi connectivity index (χ1v) is 10.5. The van der Waals surface area contributed by atoms with Crippen LogP contribution in [0.1, 0.15) is 118 Å². The second kappa shape index (κ2) is 18.3. The summed E-state index contributed by atoms with van der Waals surface area (Å²) >= 11 is 0. The first kappa shape index (κ1) is 28.2. The Morgan fingerprint density at radius 1 is 0.615 bits per heavy atom. The Labute approximate surface area is 184 Å². The fraction of sp³-hybridized carbons (Fsp3) is 0.905. The van der Waals surface area contributed by atoms with Crippen LogP contribution in [0.5, 0.6) is 0 Å². The van der Waals surface area contributed by atoms with E-state index in [-0.39, 0.29) is 43.8 Å². The average Bonchev–Trinajstić information content (AvgIpc) is 2.57. The molecule has 0 unspecified atom stereocenters. The molecule has 0 aromatic heterocycles. The zero-order valence-corrected chi connectivity index (χ0v) is 19.5. The first-order valence-electron chi connectivity index (χ1n) is 10.5. The molecule has 0 fully saturated rings. The maximum atomic E-state index is 11.7. The van der Waals surface area contributed by atoms with Gasteiger partial charge in [-0.3, -0.25) is 9.59 Å². The minimum atomic E-state index is -1.58. The molecule has 0 spiro atoms. The molecule has 0 rings (SSSR count). The molecule has 0 amide bonds. The van der Waals surface area contributed by atoms with Gasteiger partial charge in [-0.25, -0.2) is 0 Å². The first-order chi connectivity index (χ1) is 12.0. The van der Waals surface area contributed by atoms with Crippen molar-refractivity contribution in [1.82, 2.24) is 0 Å². The van der Waals surface area contributed by atoms with Gasteiger partial charge in [0, 0.05) is 0 Å². The number of carbonyl (C=O) groups is 2. The monoisotopic (exact) mass is 380 g/mol. The number of hydrogen-bond acceptors (Lipinski definition) is 2. The van der Waals surface area contributed by atoms with Gasteiger partial charge in [-0.1, -0.05) is 104 Å². The summed E-state index contributed by atoms with van der Waals surface area (Å²) < 4.78 is 0. The SMILES string of the molecule is CCCCCCCCCC(CCCCCCCCC)(C(=O)O)C(=O)O.[H-].[Na+]. The van der Waals surface area contributed by atoms with E-state index in [1.54, 1.807) is 0 Å². The molecule has 0 aromatic carbocycles.